The van der Waals surface area contributed by atoms with Crippen LogP contribution < -0.4 is 0 Å². The Labute approximate surface area is 461 Å². The molecule has 0 saturated heterocycles. The van der Waals surface area contributed by atoms with E-state index >= 15 is 0 Å². The Morgan fingerprint density at radius 1 is 0.372 bits per heavy atom. The first-order valence-corrected chi connectivity index (χ1v) is 27.9. The zero-order valence-corrected chi connectivity index (χ0v) is 45.3. The molecule has 1 aliphatic heterocycles. The van der Waals surface area contributed by atoms with Crippen LogP contribution in [-0.4, -0.2) is 14.0 Å². The van der Waals surface area contributed by atoms with Crippen LogP contribution in [-0.2, 0) is 10.8 Å². The van der Waals surface area contributed by atoms with E-state index in [2.05, 4.69) is 298 Å². The van der Waals surface area contributed by atoms with Crippen molar-refractivity contribution in [2.75, 3.05) is 0 Å². The number of fused-ring (bicyclic) bond motifs is 7. The standard InChI is InChI=1S/C74H57N3S/c1-73(2,3)56-43-44-57-71(78-63-45-42-55(47-58(63)74(57,4)5)76-61-40-23-24-41-62(61)77-60-39-22-21-38-59(60)75-72(76)77)64(56)53-36-25-37-54(46-53)70-68(51-32-17-9-18-33-51)66(49-28-13-7-14-29-49)65(48-26-11-6-12-27-48)67(50-30-15-8-16-31-50)69(70)52-34-19-10-20-35-52/h6-47H,1-5H3. The van der Waals surface area contributed by atoms with Gasteiger partial charge in [-0.25, -0.2) is 4.98 Å². The lowest BCUT2D eigenvalue weighted by atomic mass is 9.73. The van der Waals surface area contributed by atoms with Crippen molar-refractivity contribution >= 4 is 39.6 Å². The fraction of sp³-hybridized carbons (Fsp3) is 0.0946. The highest BCUT2D eigenvalue weighted by atomic mass is 32.2. The van der Waals surface area contributed by atoms with Crippen LogP contribution in [0.2, 0.25) is 0 Å². The number of rotatable bonds is 8. The zero-order valence-electron chi connectivity index (χ0n) is 44.5. The molecular weight excluding hydrogens is 963 g/mol. The Balaban J connectivity index is 1.03. The summed E-state index contributed by atoms with van der Waals surface area (Å²) in [5.74, 6) is 0.920. The molecular formula is C74H57N3S. The van der Waals surface area contributed by atoms with E-state index in [1.807, 2.05) is 11.8 Å². The molecule has 0 fully saturated rings. The molecule has 0 aliphatic carbocycles. The van der Waals surface area contributed by atoms with Crippen LogP contribution >= 0.6 is 11.8 Å². The molecule has 0 radical (unpaired) electrons. The molecule has 374 valence electrons. The molecule has 2 aromatic heterocycles. The molecule has 0 atom stereocenters. The van der Waals surface area contributed by atoms with Gasteiger partial charge >= 0.3 is 0 Å². The topological polar surface area (TPSA) is 22.2 Å². The monoisotopic (exact) mass is 1020 g/mol. The first-order chi connectivity index (χ1) is 38.1. The predicted molar refractivity (Wildman–Crippen MR) is 329 cm³/mol. The maximum atomic E-state index is 5.24. The SMILES string of the molecule is CC(C)(C)c1ccc2c(c1-c1cccc(-c3c(-c4ccccc4)c(-c4ccccc4)c(-c4ccccc4)c(-c4ccccc4)c3-c3ccccc3)c1)Sc1ccc(-n3c4ccccc4n4c5ccccc5nc34)cc1C2(C)C. The zero-order chi connectivity index (χ0) is 52.7. The lowest BCUT2D eigenvalue weighted by Crippen LogP contribution is -2.26. The first-order valence-electron chi connectivity index (χ1n) is 27.1. The average Bonchev–Trinajstić information content (AvgIpc) is 4.11. The molecule has 13 aromatic rings. The molecule has 3 heterocycles. The lowest BCUT2D eigenvalue weighted by molar-refractivity contribution is 0.580. The van der Waals surface area contributed by atoms with Crippen LogP contribution in [0.15, 0.2) is 265 Å². The molecule has 78 heavy (non-hydrogen) atoms. The van der Waals surface area contributed by atoms with E-state index in [1.54, 1.807) is 0 Å². The first kappa shape index (κ1) is 47.5. The number of imidazole rings is 2. The molecule has 0 bridgehead atoms. The number of benzene rings is 11. The fourth-order valence-electron chi connectivity index (χ4n) is 12.5. The highest BCUT2D eigenvalue weighted by molar-refractivity contribution is 7.99. The number of para-hydroxylation sites is 4. The number of aromatic nitrogens is 3. The van der Waals surface area contributed by atoms with Crippen molar-refractivity contribution in [3.63, 3.8) is 0 Å². The summed E-state index contributed by atoms with van der Waals surface area (Å²) < 4.78 is 4.65. The van der Waals surface area contributed by atoms with E-state index in [0.29, 0.717) is 0 Å². The maximum Gasteiger partial charge on any atom is 0.220 e. The minimum absolute atomic E-state index is 0.160. The van der Waals surface area contributed by atoms with Crippen molar-refractivity contribution < 1.29 is 0 Å². The highest BCUT2D eigenvalue weighted by Gasteiger charge is 2.38. The molecule has 14 rings (SSSR count). The molecule has 3 nitrogen and oxygen atoms in total. The number of nitrogens with zero attached hydrogens (tertiary/aromatic N) is 3. The van der Waals surface area contributed by atoms with Crippen molar-refractivity contribution in [2.45, 2.75) is 55.2 Å². The van der Waals surface area contributed by atoms with Crippen LogP contribution in [0.3, 0.4) is 0 Å². The third kappa shape index (κ3) is 7.69. The van der Waals surface area contributed by atoms with Crippen molar-refractivity contribution in [1.29, 1.82) is 0 Å². The summed E-state index contributed by atoms with van der Waals surface area (Å²) in [6.07, 6.45) is 0. The molecule has 0 unspecified atom stereocenters. The van der Waals surface area contributed by atoms with Crippen molar-refractivity contribution in [1.82, 2.24) is 14.0 Å². The molecule has 11 aromatic carbocycles. The van der Waals surface area contributed by atoms with Gasteiger partial charge in [-0.1, -0.05) is 253 Å². The molecule has 1 aliphatic rings. The van der Waals surface area contributed by atoms with Gasteiger partial charge in [-0.05, 0) is 149 Å². The average molecular weight is 1020 g/mol. The van der Waals surface area contributed by atoms with E-state index in [0.717, 1.165) is 33.5 Å². The minimum Gasteiger partial charge on any atom is -0.278 e. The van der Waals surface area contributed by atoms with Gasteiger partial charge in [-0.2, -0.15) is 0 Å². The highest BCUT2D eigenvalue weighted by Crippen LogP contribution is 2.58. The van der Waals surface area contributed by atoms with Crippen LogP contribution in [0.5, 0.6) is 0 Å². The molecule has 0 saturated carbocycles. The van der Waals surface area contributed by atoms with Gasteiger partial charge in [-0.15, -0.1) is 0 Å². The Kier molecular flexibility index (Phi) is 11.4. The Morgan fingerprint density at radius 2 is 0.795 bits per heavy atom. The second-order valence-corrected chi connectivity index (χ2v) is 23.3. The minimum atomic E-state index is -0.336. The summed E-state index contributed by atoms with van der Waals surface area (Å²) in [5, 5.41) is 0. The van der Waals surface area contributed by atoms with Gasteiger partial charge in [0.25, 0.3) is 0 Å². The summed E-state index contributed by atoms with van der Waals surface area (Å²) in [7, 11) is 0. The third-order valence-electron chi connectivity index (χ3n) is 16.1. The van der Waals surface area contributed by atoms with E-state index in [1.165, 1.54) is 104 Å². The Morgan fingerprint density at radius 3 is 1.29 bits per heavy atom. The Bertz CT molecular complexity index is 4330. The van der Waals surface area contributed by atoms with Crippen LogP contribution in [0, 0.1) is 0 Å². The van der Waals surface area contributed by atoms with Gasteiger partial charge in [-0.3, -0.25) is 8.97 Å². The lowest BCUT2D eigenvalue weighted by Gasteiger charge is -2.38. The number of hydrogen-bond donors (Lipinski definition) is 0. The molecule has 0 amide bonds. The van der Waals surface area contributed by atoms with Gasteiger partial charge in [0.1, 0.15) is 0 Å². The van der Waals surface area contributed by atoms with Gasteiger partial charge in [0.05, 0.1) is 22.1 Å². The van der Waals surface area contributed by atoms with Crippen LogP contribution in [0.4, 0.5) is 0 Å². The summed E-state index contributed by atoms with van der Waals surface area (Å²) in [5.41, 5.74) is 25.7. The predicted octanol–water partition coefficient (Wildman–Crippen LogP) is 20.2. The Hall–Kier alpha value is -8.96. The van der Waals surface area contributed by atoms with Crippen LogP contribution in [0.25, 0.3) is 111 Å². The molecule has 4 heteroatoms. The van der Waals surface area contributed by atoms with Crippen molar-refractivity contribution in [3.8, 4) is 83.6 Å². The van der Waals surface area contributed by atoms with E-state index < -0.39 is 0 Å². The van der Waals surface area contributed by atoms with Gasteiger partial charge in [0.2, 0.25) is 5.78 Å². The second-order valence-electron chi connectivity index (χ2n) is 22.2. The second kappa shape index (κ2) is 18.7. The van der Waals surface area contributed by atoms with Crippen molar-refractivity contribution in [3.05, 3.63) is 271 Å². The number of hydrogen-bond acceptors (Lipinski definition) is 2. The quantitative estimate of drug-likeness (QED) is 0.151. The van der Waals surface area contributed by atoms with Gasteiger partial charge in [0.15, 0.2) is 0 Å². The largest absolute Gasteiger partial charge is 0.278 e. The fourth-order valence-corrected chi connectivity index (χ4v) is 14.1. The van der Waals surface area contributed by atoms with E-state index in [4.69, 9.17) is 4.98 Å². The normalized spacial score (nSPS) is 13.0. The summed E-state index contributed by atoms with van der Waals surface area (Å²) in [6, 6.07) is 94.0. The van der Waals surface area contributed by atoms with Gasteiger partial charge in [0, 0.05) is 20.9 Å². The summed E-state index contributed by atoms with van der Waals surface area (Å²) >= 11 is 1.92. The molecule has 0 N–H and O–H groups in total. The van der Waals surface area contributed by atoms with Crippen LogP contribution in [0.1, 0.15) is 51.3 Å². The van der Waals surface area contributed by atoms with Gasteiger partial charge < -0.3 is 0 Å². The summed E-state index contributed by atoms with van der Waals surface area (Å²) in [4.78, 5) is 7.84. The maximum absolute atomic E-state index is 5.24. The van der Waals surface area contributed by atoms with Crippen molar-refractivity contribution in [2.24, 2.45) is 0 Å². The van der Waals surface area contributed by atoms with E-state index in [9.17, 15) is 0 Å². The smallest absolute Gasteiger partial charge is 0.220 e. The third-order valence-corrected chi connectivity index (χ3v) is 17.3. The molecule has 0 spiro atoms. The summed E-state index contributed by atoms with van der Waals surface area (Å²) in [6.45, 7) is 11.9. The van der Waals surface area contributed by atoms with E-state index in [-0.39, 0.29) is 10.8 Å².